The summed E-state index contributed by atoms with van der Waals surface area (Å²) in [5.74, 6) is -0.817. The third-order valence-corrected chi connectivity index (χ3v) is 7.89. The van der Waals surface area contributed by atoms with E-state index in [1.165, 1.54) is 0 Å². The maximum atomic E-state index is 13.9. The standard InChI is InChI=1S/C38H42N2O4/c1-30(41)39(37(31-18-6-2-7-19-31)32-20-8-3-9-21-32)28-16-14-26-35(42)40(29-17-15-27-36(43)44)38(33-22-10-4-11-23-33)34-24-12-5-13-25-34/h2-13,18-25,37-38H,14-17,26-29H2,1H3,(H,43,44). The number of benzene rings is 4. The van der Waals surface area contributed by atoms with Crippen molar-refractivity contribution >= 4 is 17.8 Å². The van der Waals surface area contributed by atoms with E-state index in [1.54, 1.807) is 6.92 Å². The van der Waals surface area contributed by atoms with Crippen LogP contribution in [0.5, 0.6) is 0 Å². The molecule has 0 saturated heterocycles. The zero-order valence-electron chi connectivity index (χ0n) is 25.4. The lowest BCUT2D eigenvalue weighted by molar-refractivity contribution is -0.137. The number of carboxylic acid groups (broad SMARTS) is 1. The first-order valence-corrected chi connectivity index (χ1v) is 15.4. The molecule has 0 unspecified atom stereocenters. The van der Waals surface area contributed by atoms with Crippen LogP contribution in [0.2, 0.25) is 0 Å². The summed E-state index contributed by atoms with van der Waals surface area (Å²) >= 11 is 0. The molecule has 0 bridgehead atoms. The number of carboxylic acids is 1. The molecule has 1 N–H and O–H groups in total. The summed E-state index contributed by atoms with van der Waals surface area (Å²) in [4.78, 5) is 41.9. The Hall–Kier alpha value is -4.71. The van der Waals surface area contributed by atoms with Gasteiger partial charge >= 0.3 is 5.97 Å². The first kappa shape index (κ1) is 32.2. The van der Waals surface area contributed by atoms with E-state index in [0.29, 0.717) is 45.2 Å². The molecular formula is C38H42N2O4. The van der Waals surface area contributed by atoms with E-state index in [9.17, 15) is 14.4 Å². The topological polar surface area (TPSA) is 77.9 Å². The normalized spacial score (nSPS) is 11.0. The summed E-state index contributed by atoms with van der Waals surface area (Å²) in [7, 11) is 0. The molecular weight excluding hydrogens is 548 g/mol. The van der Waals surface area contributed by atoms with Gasteiger partial charge in [-0.25, -0.2) is 0 Å². The van der Waals surface area contributed by atoms with E-state index in [1.807, 2.05) is 131 Å². The fraction of sp³-hybridized carbons (Fsp3) is 0.289. The molecule has 0 aliphatic heterocycles. The molecule has 6 heteroatoms. The van der Waals surface area contributed by atoms with Gasteiger partial charge in [0.15, 0.2) is 0 Å². The summed E-state index contributed by atoms with van der Waals surface area (Å²) in [6.45, 7) is 2.59. The predicted molar refractivity (Wildman–Crippen MR) is 174 cm³/mol. The first-order valence-electron chi connectivity index (χ1n) is 15.4. The van der Waals surface area contributed by atoms with Crippen LogP contribution in [0.4, 0.5) is 0 Å². The number of unbranched alkanes of at least 4 members (excludes halogenated alkanes) is 2. The maximum absolute atomic E-state index is 13.9. The Kier molecular flexibility index (Phi) is 12.3. The monoisotopic (exact) mass is 590 g/mol. The SMILES string of the molecule is CC(=O)N(CCCCC(=O)N(CCCCC(=O)O)C(c1ccccc1)c1ccccc1)C(c1ccccc1)c1ccccc1. The summed E-state index contributed by atoms with van der Waals surface area (Å²) < 4.78 is 0. The number of amides is 2. The zero-order valence-corrected chi connectivity index (χ0v) is 25.4. The fourth-order valence-electron chi connectivity index (χ4n) is 5.77. The Morgan fingerprint density at radius 1 is 0.523 bits per heavy atom. The van der Waals surface area contributed by atoms with Crippen molar-refractivity contribution in [3.63, 3.8) is 0 Å². The van der Waals surface area contributed by atoms with Gasteiger partial charge in [0.2, 0.25) is 11.8 Å². The number of aliphatic carboxylic acids is 1. The van der Waals surface area contributed by atoms with Gasteiger partial charge in [-0.3, -0.25) is 14.4 Å². The van der Waals surface area contributed by atoms with Crippen molar-refractivity contribution in [3.05, 3.63) is 144 Å². The average Bonchev–Trinajstić information content (AvgIpc) is 3.05. The lowest BCUT2D eigenvalue weighted by Crippen LogP contribution is -2.37. The number of rotatable bonds is 16. The van der Waals surface area contributed by atoms with Crippen LogP contribution in [0.1, 0.15) is 79.8 Å². The van der Waals surface area contributed by atoms with Crippen molar-refractivity contribution < 1.29 is 19.5 Å². The van der Waals surface area contributed by atoms with Crippen LogP contribution in [0.3, 0.4) is 0 Å². The Morgan fingerprint density at radius 3 is 1.23 bits per heavy atom. The average molecular weight is 591 g/mol. The quantitative estimate of drug-likeness (QED) is 0.136. The van der Waals surface area contributed by atoms with E-state index >= 15 is 0 Å². The molecule has 4 rings (SSSR count). The minimum Gasteiger partial charge on any atom is -0.481 e. The Labute approximate surface area is 261 Å². The smallest absolute Gasteiger partial charge is 0.303 e. The molecule has 0 saturated carbocycles. The van der Waals surface area contributed by atoms with Crippen LogP contribution in [0, 0.1) is 0 Å². The minimum absolute atomic E-state index is 0.0118. The van der Waals surface area contributed by atoms with Gasteiger partial charge in [0.25, 0.3) is 0 Å². The number of hydrogen-bond donors (Lipinski definition) is 1. The van der Waals surface area contributed by atoms with Crippen LogP contribution in [0.15, 0.2) is 121 Å². The molecule has 6 nitrogen and oxygen atoms in total. The molecule has 44 heavy (non-hydrogen) atoms. The van der Waals surface area contributed by atoms with Crippen LogP contribution < -0.4 is 0 Å². The molecule has 0 aliphatic carbocycles. The lowest BCUT2D eigenvalue weighted by atomic mass is 9.95. The highest BCUT2D eigenvalue weighted by Crippen LogP contribution is 2.31. The number of hydrogen-bond acceptors (Lipinski definition) is 3. The van der Waals surface area contributed by atoms with E-state index in [2.05, 4.69) is 0 Å². The van der Waals surface area contributed by atoms with Gasteiger partial charge in [0, 0.05) is 32.9 Å². The Morgan fingerprint density at radius 2 is 0.864 bits per heavy atom. The second-order valence-corrected chi connectivity index (χ2v) is 11.1. The van der Waals surface area contributed by atoms with Crippen LogP contribution in [-0.2, 0) is 14.4 Å². The van der Waals surface area contributed by atoms with E-state index in [0.717, 1.165) is 22.3 Å². The largest absolute Gasteiger partial charge is 0.481 e. The molecule has 4 aromatic carbocycles. The molecule has 0 aliphatic rings. The molecule has 4 aromatic rings. The minimum atomic E-state index is -0.829. The zero-order chi connectivity index (χ0) is 31.1. The third-order valence-electron chi connectivity index (χ3n) is 7.89. The van der Waals surface area contributed by atoms with Crippen molar-refractivity contribution in [3.8, 4) is 0 Å². The summed E-state index contributed by atoms with van der Waals surface area (Å²) in [5, 5.41) is 9.16. The van der Waals surface area contributed by atoms with Gasteiger partial charge < -0.3 is 14.9 Å². The fourth-order valence-corrected chi connectivity index (χ4v) is 5.77. The van der Waals surface area contributed by atoms with Crippen LogP contribution in [0.25, 0.3) is 0 Å². The highest BCUT2D eigenvalue weighted by molar-refractivity contribution is 5.77. The molecule has 0 spiro atoms. The van der Waals surface area contributed by atoms with Crippen LogP contribution >= 0.6 is 0 Å². The Balaban J connectivity index is 1.50. The van der Waals surface area contributed by atoms with Crippen LogP contribution in [-0.4, -0.2) is 45.8 Å². The van der Waals surface area contributed by atoms with Crippen molar-refractivity contribution in [2.24, 2.45) is 0 Å². The predicted octanol–water partition coefficient (Wildman–Crippen LogP) is 7.67. The van der Waals surface area contributed by atoms with E-state index in [4.69, 9.17) is 5.11 Å². The van der Waals surface area contributed by atoms with Crippen molar-refractivity contribution in [2.75, 3.05) is 13.1 Å². The van der Waals surface area contributed by atoms with Gasteiger partial charge in [-0.2, -0.15) is 0 Å². The maximum Gasteiger partial charge on any atom is 0.303 e. The van der Waals surface area contributed by atoms with Crippen molar-refractivity contribution in [1.29, 1.82) is 0 Å². The van der Waals surface area contributed by atoms with Crippen molar-refractivity contribution in [2.45, 2.75) is 57.5 Å². The van der Waals surface area contributed by atoms with E-state index < -0.39 is 5.97 Å². The molecule has 0 radical (unpaired) electrons. The van der Waals surface area contributed by atoms with Gasteiger partial charge in [-0.15, -0.1) is 0 Å². The molecule has 0 aromatic heterocycles. The van der Waals surface area contributed by atoms with E-state index in [-0.39, 0.29) is 30.3 Å². The number of nitrogens with zero attached hydrogens (tertiary/aromatic N) is 2. The van der Waals surface area contributed by atoms with Gasteiger partial charge in [-0.1, -0.05) is 121 Å². The number of carbonyl (C=O) groups excluding carboxylic acids is 2. The third kappa shape index (κ3) is 9.14. The number of carbonyl (C=O) groups is 3. The van der Waals surface area contributed by atoms with Gasteiger partial charge in [0.05, 0.1) is 12.1 Å². The highest BCUT2D eigenvalue weighted by atomic mass is 16.4. The molecule has 228 valence electrons. The lowest BCUT2D eigenvalue weighted by Gasteiger charge is -2.34. The first-order chi connectivity index (χ1) is 21.5. The summed E-state index contributed by atoms with van der Waals surface area (Å²) in [5.41, 5.74) is 4.13. The van der Waals surface area contributed by atoms with Gasteiger partial charge in [-0.05, 0) is 47.9 Å². The van der Waals surface area contributed by atoms with Crippen molar-refractivity contribution in [1.82, 2.24) is 9.80 Å². The highest BCUT2D eigenvalue weighted by Gasteiger charge is 2.27. The molecule has 0 heterocycles. The molecule has 2 amide bonds. The summed E-state index contributed by atoms with van der Waals surface area (Å²) in [6.07, 6.45) is 2.82. The second-order valence-electron chi connectivity index (χ2n) is 11.1. The summed E-state index contributed by atoms with van der Waals surface area (Å²) in [6, 6.07) is 39.6. The molecule has 0 atom stereocenters. The Bertz CT molecular complexity index is 1370. The van der Waals surface area contributed by atoms with Gasteiger partial charge in [0.1, 0.15) is 0 Å². The molecule has 0 fully saturated rings. The second kappa shape index (κ2) is 16.8.